The third-order valence-electron chi connectivity index (χ3n) is 5.77. The van der Waals surface area contributed by atoms with Crippen LogP contribution in [0, 0.1) is 0 Å². The molecule has 0 bridgehead atoms. The molecule has 0 amide bonds. The van der Waals surface area contributed by atoms with Crippen molar-refractivity contribution in [1.82, 2.24) is 10.9 Å². The molecule has 3 heterocycles. The zero-order valence-corrected chi connectivity index (χ0v) is 19.9. The SMILES string of the molecule is CCCCC1=CC(/C=C(\Cc2cc3c(cc2OC)OCO3)C(=O)O)(c2oc(Cl)cc2C(=O)O)NN1. The number of benzene rings is 1. The van der Waals surface area contributed by atoms with E-state index in [9.17, 15) is 19.8 Å². The number of carboxylic acids is 2. The normalized spacial score (nSPS) is 18.8. The van der Waals surface area contributed by atoms with Crippen molar-refractivity contribution in [3.63, 3.8) is 0 Å². The smallest absolute Gasteiger partial charge is 0.339 e. The lowest BCUT2D eigenvalue weighted by atomic mass is 9.89. The molecule has 0 fully saturated rings. The Morgan fingerprint density at radius 2 is 1.97 bits per heavy atom. The molecule has 35 heavy (non-hydrogen) atoms. The number of rotatable bonds is 10. The number of aliphatic carboxylic acids is 1. The summed E-state index contributed by atoms with van der Waals surface area (Å²) in [5, 5.41) is 19.7. The number of carboxylic acid groups (broad SMARTS) is 2. The van der Waals surface area contributed by atoms with Crippen LogP contribution in [0.4, 0.5) is 0 Å². The van der Waals surface area contributed by atoms with E-state index in [2.05, 4.69) is 10.9 Å². The van der Waals surface area contributed by atoms with Crippen LogP contribution in [0.15, 0.2) is 46.0 Å². The Balaban J connectivity index is 1.82. The lowest BCUT2D eigenvalue weighted by Gasteiger charge is -2.23. The Bertz CT molecular complexity index is 1220. The van der Waals surface area contributed by atoms with E-state index in [1.807, 2.05) is 6.92 Å². The molecule has 2 aliphatic rings. The van der Waals surface area contributed by atoms with Crippen LogP contribution in [-0.2, 0) is 16.8 Å². The number of halogens is 1. The van der Waals surface area contributed by atoms with Crippen molar-refractivity contribution in [2.24, 2.45) is 0 Å². The highest BCUT2D eigenvalue weighted by atomic mass is 35.5. The molecular weight excluding hydrogens is 480 g/mol. The van der Waals surface area contributed by atoms with E-state index in [-0.39, 0.29) is 35.3 Å². The maximum atomic E-state index is 12.4. The lowest BCUT2D eigenvalue weighted by molar-refractivity contribution is -0.132. The van der Waals surface area contributed by atoms with E-state index in [1.54, 1.807) is 18.2 Å². The summed E-state index contributed by atoms with van der Waals surface area (Å²) in [5.41, 5.74) is 5.76. The summed E-state index contributed by atoms with van der Waals surface area (Å²) in [6, 6.07) is 4.50. The summed E-state index contributed by atoms with van der Waals surface area (Å²) in [5.74, 6) is -1.08. The van der Waals surface area contributed by atoms with Gasteiger partial charge in [0.25, 0.3) is 0 Å². The molecule has 1 atom stereocenters. The number of methoxy groups -OCH3 is 1. The third-order valence-corrected chi connectivity index (χ3v) is 5.96. The average molecular weight is 505 g/mol. The van der Waals surface area contributed by atoms with Gasteiger partial charge in [0.05, 0.1) is 7.11 Å². The quantitative estimate of drug-likeness (QED) is 0.351. The minimum atomic E-state index is -1.42. The molecule has 0 saturated heterocycles. The van der Waals surface area contributed by atoms with Crippen molar-refractivity contribution in [3.8, 4) is 17.2 Å². The van der Waals surface area contributed by atoms with Gasteiger partial charge in [-0.15, -0.1) is 0 Å². The number of fused-ring (bicyclic) bond motifs is 1. The lowest BCUT2D eigenvalue weighted by Crippen LogP contribution is -2.42. The summed E-state index contributed by atoms with van der Waals surface area (Å²) in [7, 11) is 1.47. The van der Waals surface area contributed by atoms with E-state index in [4.69, 9.17) is 30.2 Å². The molecule has 2 aliphatic heterocycles. The highest BCUT2D eigenvalue weighted by Crippen LogP contribution is 2.40. The predicted octanol–water partition coefficient (Wildman–Crippen LogP) is 4.00. The van der Waals surface area contributed by atoms with Gasteiger partial charge in [-0.05, 0) is 42.7 Å². The highest BCUT2D eigenvalue weighted by Gasteiger charge is 2.41. The predicted molar refractivity (Wildman–Crippen MR) is 125 cm³/mol. The van der Waals surface area contributed by atoms with Crippen molar-refractivity contribution in [2.45, 2.75) is 38.1 Å². The first-order chi connectivity index (χ1) is 16.8. The van der Waals surface area contributed by atoms with Gasteiger partial charge in [0.2, 0.25) is 6.79 Å². The zero-order chi connectivity index (χ0) is 25.2. The second-order valence-corrected chi connectivity index (χ2v) is 8.53. The molecule has 4 rings (SSSR count). The monoisotopic (exact) mass is 504 g/mol. The van der Waals surface area contributed by atoms with Gasteiger partial charge in [0.1, 0.15) is 22.6 Å². The first-order valence-electron chi connectivity index (χ1n) is 11.0. The van der Waals surface area contributed by atoms with Crippen LogP contribution in [0.5, 0.6) is 17.2 Å². The van der Waals surface area contributed by atoms with E-state index in [0.717, 1.165) is 18.5 Å². The number of aromatic carboxylic acids is 1. The van der Waals surface area contributed by atoms with Gasteiger partial charge in [0, 0.05) is 35.4 Å². The molecule has 0 saturated carbocycles. The van der Waals surface area contributed by atoms with Gasteiger partial charge in [-0.1, -0.05) is 13.3 Å². The molecule has 1 unspecified atom stereocenters. The van der Waals surface area contributed by atoms with E-state index >= 15 is 0 Å². The van der Waals surface area contributed by atoms with Gasteiger partial charge >= 0.3 is 11.9 Å². The molecule has 186 valence electrons. The number of ether oxygens (including phenoxy) is 3. The third kappa shape index (κ3) is 4.94. The van der Waals surface area contributed by atoms with Crippen LogP contribution in [0.2, 0.25) is 5.22 Å². The number of hydrazine groups is 1. The number of nitrogens with one attached hydrogen (secondary N) is 2. The molecule has 11 heteroatoms. The largest absolute Gasteiger partial charge is 0.496 e. The van der Waals surface area contributed by atoms with Crippen molar-refractivity contribution >= 4 is 23.5 Å². The van der Waals surface area contributed by atoms with Gasteiger partial charge in [-0.2, -0.15) is 0 Å². The summed E-state index contributed by atoms with van der Waals surface area (Å²) in [6.07, 6.45) is 5.60. The first-order valence-corrected chi connectivity index (χ1v) is 11.3. The molecule has 10 nitrogen and oxygen atoms in total. The standard InChI is InChI=1S/C24H25ClN2O8/c1-3-4-5-15-11-24(27-26-15,21-16(23(30)31)8-20(25)35-21)10-14(22(28)29)6-13-7-18-19(34-12-33-18)9-17(13)32-2/h7-11,26-27H,3-6,12H2,1-2H3,(H,28,29)(H,30,31)/b14-10+. The van der Waals surface area contributed by atoms with Crippen LogP contribution >= 0.6 is 11.6 Å². The Kier molecular flexibility index (Phi) is 6.95. The number of allylic oxidation sites excluding steroid dienone is 1. The fraction of sp³-hybridized carbons (Fsp3) is 0.333. The summed E-state index contributed by atoms with van der Waals surface area (Å²) >= 11 is 6.01. The van der Waals surface area contributed by atoms with Crippen molar-refractivity contribution in [1.29, 1.82) is 0 Å². The van der Waals surface area contributed by atoms with E-state index in [1.165, 1.54) is 19.3 Å². The molecule has 1 aromatic carbocycles. The number of furan rings is 1. The van der Waals surface area contributed by atoms with Crippen LogP contribution in [0.25, 0.3) is 0 Å². The Morgan fingerprint density at radius 3 is 2.63 bits per heavy atom. The second-order valence-electron chi connectivity index (χ2n) is 8.16. The van der Waals surface area contributed by atoms with Crippen LogP contribution in [0.1, 0.15) is 47.9 Å². The van der Waals surface area contributed by atoms with Crippen LogP contribution in [0.3, 0.4) is 0 Å². The Hall–Kier alpha value is -3.63. The summed E-state index contributed by atoms with van der Waals surface area (Å²) in [6.45, 7) is 2.11. The van der Waals surface area contributed by atoms with Gasteiger partial charge in [-0.3, -0.25) is 0 Å². The van der Waals surface area contributed by atoms with Gasteiger partial charge in [0.15, 0.2) is 16.7 Å². The van der Waals surface area contributed by atoms with E-state index in [0.29, 0.717) is 29.2 Å². The van der Waals surface area contributed by atoms with Crippen LogP contribution < -0.4 is 25.1 Å². The van der Waals surface area contributed by atoms with Gasteiger partial charge < -0.3 is 34.3 Å². The second kappa shape index (κ2) is 9.93. The highest BCUT2D eigenvalue weighted by molar-refractivity contribution is 6.29. The van der Waals surface area contributed by atoms with Crippen molar-refractivity contribution in [3.05, 3.63) is 63.7 Å². The fourth-order valence-electron chi connectivity index (χ4n) is 4.09. The summed E-state index contributed by atoms with van der Waals surface area (Å²) in [4.78, 5) is 24.3. The topological polar surface area (TPSA) is 139 Å². The fourth-order valence-corrected chi connectivity index (χ4v) is 4.27. The first kappa shape index (κ1) is 24.5. The molecule has 4 N–H and O–H groups in total. The number of hydrogen-bond donors (Lipinski definition) is 4. The minimum absolute atomic E-state index is 0.0340. The van der Waals surface area contributed by atoms with E-state index < -0.39 is 17.5 Å². The van der Waals surface area contributed by atoms with Gasteiger partial charge in [-0.25, -0.2) is 15.0 Å². The molecule has 0 radical (unpaired) electrons. The molecule has 0 spiro atoms. The summed E-state index contributed by atoms with van der Waals surface area (Å²) < 4.78 is 21.8. The van der Waals surface area contributed by atoms with Crippen molar-refractivity contribution < 1.29 is 38.4 Å². The minimum Gasteiger partial charge on any atom is -0.496 e. The zero-order valence-electron chi connectivity index (χ0n) is 19.1. The Morgan fingerprint density at radius 1 is 1.23 bits per heavy atom. The van der Waals surface area contributed by atoms with Crippen molar-refractivity contribution in [2.75, 3.05) is 13.9 Å². The maximum absolute atomic E-state index is 12.4. The average Bonchev–Trinajstić information content (AvgIpc) is 3.55. The van der Waals surface area contributed by atoms with Crippen LogP contribution in [-0.4, -0.2) is 36.1 Å². The molecule has 1 aromatic heterocycles. The Labute approximate surface area is 206 Å². The molecule has 0 aliphatic carbocycles. The maximum Gasteiger partial charge on any atom is 0.339 e. The number of hydrogen-bond acceptors (Lipinski definition) is 8. The molecular formula is C24H25ClN2O8. The molecule has 2 aromatic rings. The number of carbonyl (C=O) groups is 2. The number of unbranched alkanes of at least 4 members (excludes halogenated alkanes) is 1.